The van der Waals surface area contributed by atoms with Gasteiger partial charge in [-0.3, -0.25) is 0 Å². The molecule has 0 aromatic carbocycles. The van der Waals surface area contributed by atoms with Gasteiger partial charge in [0.1, 0.15) is 0 Å². The van der Waals surface area contributed by atoms with E-state index in [1.165, 1.54) is 16.2 Å². The lowest BCUT2D eigenvalue weighted by molar-refractivity contribution is 0.540. The Morgan fingerprint density at radius 1 is 1.33 bits per heavy atom. The monoisotopic (exact) mass is 226 g/mol. The van der Waals surface area contributed by atoms with E-state index in [-0.39, 0.29) is 0 Å². The highest BCUT2D eigenvalue weighted by Crippen LogP contribution is 2.16. The van der Waals surface area contributed by atoms with Crippen molar-refractivity contribution in [2.24, 2.45) is 5.73 Å². The number of nitrogens with two attached hydrogens (primary N) is 1. The van der Waals surface area contributed by atoms with Crippen LogP contribution in [0.25, 0.3) is 0 Å². The van der Waals surface area contributed by atoms with Crippen molar-refractivity contribution in [3.05, 3.63) is 21.9 Å². The molecule has 3 N–H and O–H groups in total. The summed E-state index contributed by atoms with van der Waals surface area (Å²) in [5.74, 6) is 0. The largest absolute Gasteiger partial charge is 0.327 e. The van der Waals surface area contributed by atoms with E-state index in [1.807, 2.05) is 11.3 Å². The Hall–Kier alpha value is -0.380. The Balaban J connectivity index is 2.19. The quantitative estimate of drug-likeness (QED) is 0.750. The molecule has 0 saturated carbocycles. The smallest absolute Gasteiger partial charge is 0.0300 e. The second-order valence-corrected chi connectivity index (χ2v) is 5.15. The molecule has 1 aromatic rings. The van der Waals surface area contributed by atoms with Crippen molar-refractivity contribution < 1.29 is 0 Å². The molecule has 0 bridgehead atoms. The molecule has 0 aliphatic heterocycles. The molecule has 1 heterocycles. The molecule has 1 atom stereocenters. The first kappa shape index (κ1) is 12.7. The predicted octanol–water partition coefficient (Wildman–Crippen LogP) is 2.53. The van der Waals surface area contributed by atoms with E-state index in [0.717, 1.165) is 25.9 Å². The Kier molecular flexibility index (Phi) is 5.91. The highest BCUT2D eigenvalue weighted by atomic mass is 32.1. The van der Waals surface area contributed by atoms with Gasteiger partial charge in [0, 0.05) is 28.9 Å². The summed E-state index contributed by atoms with van der Waals surface area (Å²) in [5.41, 5.74) is 5.92. The normalized spacial score (nSPS) is 13.0. The molecule has 86 valence electrons. The van der Waals surface area contributed by atoms with Gasteiger partial charge < -0.3 is 11.1 Å². The molecule has 0 fully saturated rings. The second-order valence-electron chi connectivity index (χ2n) is 3.90. The van der Waals surface area contributed by atoms with Crippen LogP contribution in [0.15, 0.2) is 12.1 Å². The average molecular weight is 226 g/mol. The SMILES string of the molecule is CCCC(N)CNCc1ccc(CC)s1. The molecule has 1 rings (SSSR count). The lowest BCUT2D eigenvalue weighted by Gasteiger charge is -2.10. The van der Waals surface area contributed by atoms with Crippen molar-refractivity contribution in [3.63, 3.8) is 0 Å². The fourth-order valence-corrected chi connectivity index (χ4v) is 2.49. The van der Waals surface area contributed by atoms with Gasteiger partial charge in [0.15, 0.2) is 0 Å². The van der Waals surface area contributed by atoms with Crippen LogP contribution in [-0.4, -0.2) is 12.6 Å². The van der Waals surface area contributed by atoms with E-state index < -0.39 is 0 Å². The summed E-state index contributed by atoms with van der Waals surface area (Å²) < 4.78 is 0. The van der Waals surface area contributed by atoms with Gasteiger partial charge in [0.05, 0.1) is 0 Å². The summed E-state index contributed by atoms with van der Waals surface area (Å²) >= 11 is 1.89. The number of nitrogens with one attached hydrogen (secondary N) is 1. The standard InChI is InChI=1S/C12H22N2S/c1-3-5-10(13)8-14-9-12-7-6-11(4-2)15-12/h6-7,10,14H,3-5,8-9,13H2,1-2H3. The van der Waals surface area contributed by atoms with Crippen LogP contribution in [0.3, 0.4) is 0 Å². The Labute approximate surface area is 96.9 Å². The van der Waals surface area contributed by atoms with Crippen LogP contribution in [0.1, 0.15) is 36.4 Å². The van der Waals surface area contributed by atoms with Gasteiger partial charge in [-0.25, -0.2) is 0 Å². The lowest BCUT2D eigenvalue weighted by Crippen LogP contribution is -2.33. The molecule has 0 spiro atoms. The van der Waals surface area contributed by atoms with Crippen molar-refractivity contribution in [1.29, 1.82) is 0 Å². The maximum atomic E-state index is 5.92. The maximum Gasteiger partial charge on any atom is 0.0300 e. The summed E-state index contributed by atoms with van der Waals surface area (Å²) in [5, 5.41) is 3.41. The van der Waals surface area contributed by atoms with Gasteiger partial charge in [-0.05, 0) is 25.0 Å². The predicted molar refractivity (Wildman–Crippen MR) is 68.3 cm³/mol. The van der Waals surface area contributed by atoms with E-state index in [9.17, 15) is 0 Å². The van der Waals surface area contributed by atoms with Crippen molar-refractivity contribution in [3.8, 4) is 0 Å². The van der Waals surface area contributed by atoms with Gasteiger partial charge >= 0.3 is 0 Å². The number of hydrogen-bond acceptors (Lipinski definition) is 3. The van der Waals surface area contributed by atoms with Crippen molar-refractivity contribution in [2.75, 3.05) is 6.54 Å². The van der Waals surface area contributed by atoms with Crippen molar-refractivity contribution >= 4 is 11.3 Å². The van der Waals surface area contributed by atoms with Crippen molar-refractivity contribution in [1.82, 2.24) is 5.32 Å². The zero-order valence-corrected chi connectivity index (χ0v) is 10.6. The van der Waals surface area contributed by atoms with Gasteiger partial charge in [0.2, 0.25) is 0 Å². The minimum Gasteiger partial charge on any atom is -0.327 e. The first-order chi connectivity index (χ1) is 7.26. The molecular weight excluding hydrogens is 204 g/mol. The minimum absolute atomic E-state index is 0.306. The number of rotatable bonds is 7. The Bertz CT molecular complexity index is 270. The summed E-state index contributed by atoms with van der Waals surface area (Å²) in [6.07, 6.45) is 3.42. The fourth-order valence-electron chi connectivity index (χ4n) is 1.56. The number of hydrogen-bond donors (Lipinski definition) is 2. The average Bonchev–Trinajstić information content (AvgIpc) is 2.66. The molecule has 3 heteroatoms. The zero-order valence-electron chi connectivity index (χ0n) is 9.75. The zero-order chi connectivity index (χ0) is 11.1. The maximum absolute atomic E-state index is 5.92. The Morgan fingerprint density at radius 3 is 2.67 bits per heavy atom. The third-order valence-electron chi connectivity index (χ3n) is 2.43. The highest BCUT2D eigenvalue weighted by Gasteiger charge is 2.01. The van der Waals surface area contributed by atoms with Crippen LogP contribution >= 0.6 is 11.3 Å². The molecule has 2 nitrogen and oxygen atoms in total. The highest BCUT2D eigenvalue weighted by molar-refractivity contribution is 7.11. The van der Waals surface area contributed by atoms with E-state index in [2.05, 4.69) is 31.3 Å². The molecule has 0 radical (unpaired) electrons. The molecular formula is C12H22N2S. The minimum atomic E-state index is 0.306. The topological polar surface area (TPSA) is 38.0 Å². The summed E-state index contributed by atoms with van der Waals surface area (Å²) in [6, 6.07) is 4.73. The molecule has 0 saturated heterocycles. The van der Waals surface area contributed by atoms with E-state index >= 15 is 0 Å². The van der Waals surface area contributed by atoms with Crippen molar-refractivity contribution in [2.45, 2.75) is 45.7 Å². The van der Waals surface area contributed by atoms with Crippen LogP contribution in [0, 0.1) is 0 Å². The molecule has 0 amide bonds. The van der Waals surface area contributed by atoms with Crippen LogP contribution in [0.5, 0.6) is 0 Å². The third kappa shape index (κ3) is 4.78. The molecule has 0 aliphatic rings. The van der Waals surface area contributed by atoms with E-state index in [4.69, 9.17) is 5.73 Å². The van der Waals surface area contributed by atoms with Gasteiger partial charge in [0.25, 0.3) is 0 Å². The van der Waals surface area contributed by atoms with Crippen LogP contribution in [-0.2, 0) is 13.0 Å². The van der Waals surface area contributed by atoms with Crippen LogP contribution in [0.4, 0.5) is 0 Å². The Morgan fingerprint density at radius 2 is 2.07 bits per heavy atom. The van der Waals surface area contributed by atoms with Gasteiger partial charge in [-0.15, -0.1) is 11.3 Å². The summed E-state index contributed by atoms with van der Waals surface area (Å²) in [6.45, 7) is 6.25. The van der Waals surface area contributed by atoms with Crippen LogP contribution < -0.4 is 11.1 Å². The second kappa shape index (κ2) is 6.99. The van der Waals surface area contributed by atoms with Gasteiger partial charge in [-0.2, -0.15) is 0 Å². The number of thiophene rings is 1. The van der Waals surface area contributed by atoms with E-state index in [0.29, 0.717) is 6.04 Å². The molecule has 1 aromatic heterocycles. The summed E-state index contributed by atoms with van der Waals surface area (Å²) in [4.78, 5) is 2.88. The molecule has 1 unspecified atom stereocenters. The summed E-state index contributed by atoms with van der Waals surface area (Å²) in [7, 11) is 0. The molecule has 0 aliphatic carbocycles. The number of aryl methyl sites for hydroxylation is 1. The van der Waals surface area contributed by atoms with E-state index in [1.54, 1.807) is 0 Å². The fraction of sp³-hybridized carbons (Fsp3) is 0.667. The lowest BCUT2D eigenvalue weighted by atomic mass is 10.2. The molecule has 15 heavy (non-hydrogen) atoms. The van der Waals surface area contributed by atoms with Gasteiger partial charge in [-0.1, -0.05) is 20.3 Å². The third-order valence-corrected chi connectivity index (χ3v) is 3.66. The van der Waals surface area contributed by atoms with Crippen LogP contribution in [0.2, 0.25) is 0 Å². The first-order valence-electron chi connectivity index (χ1n) is 5.80. The first-order valence-corrected chi connectivity index (χ1v) is 6.61.